The summed E-state index contributed by atoms with van der Waals surface area (Å²) < 4.78 is 7.40. The summed E-state index contributed by atoms with van der Waals surface area (Å²) in [6, 6.07) is 8.11. The second-order valence-electron chi connectivity index (χ2n) is 6.16. The highest BCUT2D eigenvalue weighted by atomic mass is 127. The number of aromatic nitrogens is 3. The molecule has 3 rings (SSSR count). The average Bonchev–Trinajstić information content (AvgIpc) is 3.23. The van der Waals surface area contributed by atoms with Gasteiger partial charge in [0.05, 0.1) is 7.11 Å². The van der Waals surface area contributed by atoms with Crippen molar-refractivity contribution < 1.29 is 4.74 Å². The van der Waals surface area contributed by atoms with E-state index in [1.165, 1.54) is 5.56 Å². The molecule has 0 bridgehead atoms. The van der Waals surface area contributed by atoms with Crippen LogP contribution in [0.4, 0.5) is 0 Å². The predicted octanol–water partition coefficient (Wildman–Crippen LogP) is 2.45. The lowest BCUT2D eigenvalue weighted by Gasteiger charge is -2.22. The summed E-state index contributed by atoms with van der Waals surface area (Å²) in [5.74, 6) is 3.77. The number of hydrogen-bond acceptors (Lipinski definition) is 4. The number of hydrogen-bond donors (Lipinski definition) is 1. The minimum atomic E-state index is 0. The van der Waals surface area contributed by atoms with Gasteiger partial charge in [0, 0.05) is 33.1 Å². The first-order valence-corrected chi connectivity index (χ1v) is 8.74. The average molecular weight is 470 g/mol. The van der Waals surface area contributed by atoms with Gasteiger partial charge in [-0.1, -0.05) is 12.1 Å². The molecule has 7 nitrogen and oxygen atoms in total. The molecule has 0 amide bonds. The third-order valence-corrected chi connectivity index (χ3v) is 4.33. The van der Waals surface area contributed by atoms with Crippen LogP contribution in [0, 0.1) is 0 Å². The molecule has 142 valence electrons. The summed E-state index contributed by atoms with van der Waals surface area (Å²) >= 11 is 0. The van der Waals surface area contributed by atoms with Crippen molar-refractivity contribution in [3.05, 3.63) is 41.5 Å². The van der Waals surface area contributed by atoms with Crippen molar-refractivity contribution in [2.24, 2.45) is 4.99 Å². The van der Waals surface area contributed by atoms with Crippen LogP contribution in [0.25, 0.3) is 0 Å². The topological polar surface area (TPSA) is 67.6 Å². The number of benzene rings is 1. The van der Waals surface area contributed by atoms with E-state index in [1.807, 2.05) is 19.2 Å². The van der Waals surface area contributed by atoms with E-state index in [0.717, 1.165) is 55.8 Å². The summed E-state index contributed by atoms with van der Waals surface area (Å²) in [5, 5.41) is 11.9. The number of fused-ring (bicyclic) bond motifs is 1. The number of guanidine groups is 1. The van der Waals surface area contributed by atoms with Crippen molar-refractivity contribution in [3.8, 4) is 5.75 Å². The standard InChI is InChI=1S/C18H26N6O.HI/c1-4-19-18(20-12-17-22-21-16-6-5-11-24(16)17)23(2)13-14-7-9-15(25-3)10-8-14;/h7-10H,4-6,11-13H2,1-3H3,(H,19,20);1H. The maximum absolute atomic E-state index is 5.21. The lowest BCUT2D eigenvalue weighted by Crippen LogP contribution is -2.38. The Morgan fingerprint density at radius 1 is 1.31 bits per heavy atom. The van der Waals surface area contributed by atoms with Crippen LogP contribution in [-0.4, -0.2) is 46.3 Å². The molecule has 8 heteroatoms. The molecule has 1 N–H and O–H groups in total. The van der Waals surface area contributed by atoms with Gasteiger partial charge in [0.1, 0.15) is 18.1 Å². The smallest absolute Gasteiger partial charge is 0.194 e. The number of halogens is 1. The summed E-state index contributed by atoms with van der Waals surface area (Å²) in [7, 11) is 3.72. The molecule has 1 aromatic heterocycles. The fraction of sp³-hybridized carbons (Fsp3) is 0.500. The van der Waals surface area contributed by atoms with Crippen molar-refractivity contribution in [2.75, 3.05) is 20.7 Å². The van der Waals surface area contributed by atoms with E-state index in [4.69, 9.17) is 9.73 Å². The zero-order valence-corrected chi connectivity index (χ0v) is 17.9. The van der Waals surface area contributed by atoms with Gasteiger partial charge in [-0.2, -0.15) is 0 Å². The molecule has 0 saturated heterocycles. The maximum atomic E-state index is 5.21. The molecule has 0 radical (unpaired) electrons. The molecular formula is C18H27IN6O. The highest BCUT2D eigenvalue weighted by Gasteiger charge is 2.17. The van der Waals surface area contributed by atoms with Crippen LogP contribution in [0.1, 0.15) is 30.6 Å². The van der Waals surface area contributed by atoms with E-state index in [0.29, 0.717) is 6.54 Å². The second kappa shape index (κ2) is 9.75. The molecule has 0 fully saturated rings. The van der Waals surface area contributed by atoms with Crippen molar-refractivity contribution in [3.63, 3.8) is 0 Å². The van der Waals surface area contributed by atoms with E-state index < -0.39 is 0 Å². The van der Waals surface area contributed by atoms with Crippen LogP contribution in [0.15, 0.2) is 29.3 Å². The van der Waals surface area contributed by atoms with Crippen LogP contribution in [-0.2, 0) is 26.1 Å². The third kappa shape index (κ3) is 4.87. The Labute approximate surface area is 171 Å². The quantitative estimate of drug-likeness (QED) is 0.399. The number of nitrogens with one attached hydrogen (secondary N) is 1. The summed E-state index contributed by atoms with van der Waals surface area (Å²) in [4.78, 5) is 6.86. The lowest BCUT2D eigenvalue weighted by atomic mass is 10.2. The first-order chi connectivity index (χ1) is 12.2. The van der Waals surface area contributed by atoms with Gasteiger partial charge < -0.3 is 19.5 Å². The van der Waals surface area contributed by atoms with Crippen molar-refractivity contribution in [2.45, 2.75) is 39.4 Å². The molecule has 0 spiro atoms. The van der Waals surface area contributed by atoms with E-state index in [9.17, 15) is 0 Å². The molecule has 0 saturated carbocycles. The summed E-state index contributed by atoms with van der Waals surface area (Å²) in [6.45, 7) is 5.22. The molecule has 0 unspecified atom stereocenters. The number of rotatable bonds is 6. The Bertz CT molecular complexity index is 728. The van der Waals surface area contributed by atoms with Crippen LogP contribution in [0.3, 0.4) is 0 Å². The van der Waals surface area contributed by atoms with Gasteiger partial charge in [0.15, 0.2) is 11.8 Å². The number of methoxy groups -OCH3 is 1. The Hall–Kier alpha value is -1.84. The number of aliphatic imine (C=N–C) groups is 1. The minimum Gasteiger partial charge on any atom is -0.497 e. The minimum absolute atomic E-state index is 0. The number of nitrogens with zero attached hydrogens (tertiary/aromatic N) is 5. The van der Waals surface area contributed by atoms with Gasteiger partial charge in [0.2, 0.25) is 0 Å². The van der Waals surface area contributed by atoms with Gasteiger partial charge in [-0.15, -0.1) is 34.2 Å². The fourth-order valence-corrected chi connectivity index (χ4v) is 3.02. The van der Waals surface area contributed by atoms with Gasteiger partial charge in [-0.3, -0.25) is 0 Å². The second-order valence-corrected chi connectivity index (χ2v) is 6.16. The lowest BCUT2D eigenvalue weighted by molar-refractivity contribution is 0.414. The Balaban J connectivity index is 0.00000243. The largest absolute Gasteiger partial charge is 0.497 e. The Kier molecular flexibility index (Phi) is 7.67. The molecule has 26 heavy (non-hydrogen) atoms. The van der Waals surface area contributed by atoms with Crippen LogP contribution >= 0.6 is 24.0 Å². The number of ether oxygens (including phenoxy) is 1. The maximum Gasteiger partial charge on any atom is 0.194 e. The van der Waals surface area contributed by atoms with E-state index in [-0.39, 0.29) is 24.0 Å². The van der Waals surface area contributed by atoms with Crippen molar-refractivity contribution in [1.82, 2.24) is 25.0 Å². The molecule has 1 aromatic carbocycles. The van der Waals surface area contributed by atoms with Crippen LogP contribution in [0.2, 0.25) is 0 Å². The van der Waals surface area contributed by atoms with Crippen molar-refractivity contribution >= 4 is 29.9 Å². The van der Waals surface area contributed by atoms with E-state index >= 15 is 0 Å². The normalized spacial score (nSPS) is 13.1. The van der Waals surface area contributed by atoms with Gasteiger partial charge in [-0.25, -0.2) is 4.99 Å². The zero-order chi connectivity index (χ0) is 17.6. The zero-order valence-electron chi connectivity index (χ0n) is 15.6. The first-order valence-electron chi connectivity index (χ1n) is 8.74. The van der Waals surface area contributed by atoms with Gasteiger partial charge in [-0.05, 0) is 31.0 Å². The first kappa shape index (κ1) is 20.5. The van der Waals surface area contributed by atoms with Crippen molar-refractivity contribution in [1.29, 1.82) is 0 Å². The molecule has 0 atom stereocenters. The molecular weight excluding hydrogens is 443 g/mol. The Morgan fingerprint density at radius 3 is 2.77 bits per heavy atom. The Morgan fingerprint density at radius 2 is 2.08 bits per heavy atom. The number of aryl methyl sites for hydroxylation is 1. The summed E-state index contributed by atoms with van der Waals surface area (Å²) in [6.07, 6.45) is 2.17. The van der Waals surface area contributed by atoms with Gasteiger partial charge in [0.25, 0.3) is 0 Å². The van der Waals surface area contributed by atoms with E-state index in [2.05, 4.69) is 44.0 Å². The molecule has 2 aromatic rings. The highest BCUT2D eigenvalue weighted by molar-refractivity contribution is 14.0. The van der Waals surface area contributed by atoms with Crippen LogP contribution in [0.5, 0.6) is 5.75 Å². The highest BCUT2D eigenvalue weighted by Crippen LogP contribution is 2.15. The summed E-state index contributed by atoms with van der Waals surface area (Å²) in [5.41, 5.74) is 1.21. The predicted molar refractivity (Wildman–Crippen MR) is 113 cm³/mol. The molecule has 1 aliphatic rings. The van der Waals surface area contributed by atoms with Gasteiger partial charge >= 0.3 is 0 Å². The molecule has 0 aliphatic carbocycles. The monoisotopic (exact) mass is 470 g/mol. The molecule has 2 heterocycles. The third-order valence-electron chi connectivity index (χ3n) is 4.33. The van der Waals surface area contributed by atoms with Crippen LogP contribution < -0.4 is 10.1 Å². The SMILES string of the molecule is CCNC(=NCc1nnc2n1CCC2)N(C)Cc1ccc(OC)cc1.I. The van der Waals surface area contributed by atoms with E-state index in [1.54, 1.807) is 7.11 Å². The fourth-order valence-electron chi connectivity index (χ4n) is 3.02. The molecule has 1 aliphatic heterocycles.